The molecule has 0 spiro atoms. The average Bonchev–Trinajstić information content (AvgIpc) is 2.82. The summed E-state index contributed by atoms with van der Waals surface area (Å²) < 4.78 is 17.1. The van der Waals surface area contributed by atoms with Crippen LogP contribution in [0.4, 0.5) is 4.79 Å². The number of carbonyl (C=O) groups is 2. The molecule has 27 heavy (non-hydrogen) atoms. The van der Waals surface area contributed by atoms with E-state index in [-0.39, 0.29) is 17.2 Å². The lowest BCUT2D eigenvalue weighted by atomic mass is 10.1. The topological polar surface area (TPSA) is 91.1 Å². The maximum atomic E-state index is 12.9. The minimum absolute atomic E-state index is 0.0143. The van der Waals surface area contributed by atoms with E-state index < -0.39 is 32.0 Å². The lowest BCUT2D eigenvalue weighted by molar-refractivity contribution is -0.146. The van der Waals surface area contributed by atoms with Gasteiger partial charge in [-0.15, -0.1) is 0 Å². The van der Waals surface area contributed by atoms with Gasteiger partial charge in [0.15, 0.2) is 8.32 Å². The Morgan fingerprint density at radius 2 is 1.70 bits per heavy atom. The molecule has 1 saturated heterocycles. The Bertz CT molecular complexity index is 539. The summed E-state index contributed by atoms with van der Waals surface area (Å²) >= 11 is 0. The predicted octanol–water partition coefficient (Wildman–Crippen LogP) is 3.28. The first-order valence-electron chi connectivity index (χ1n) is 9.61. The third-order valence-corrected chi connectivity index (χ3v) is 9.87. The van der Waals surface area contributed by atoms with Crippen LogP contribution in [0.2, 0.25) is 18.1 Å². The molecule has 1 amide bonds. The number of nitrogens with zero attached hydrogens (tertiary/aromatic N) is 1. The molecule has 0 aromatic heterocycles. The Hall–Kier alpha value is -1.12. The normalized spacial score (nSPS) is 24.1. The van der Waals surface area contributed by atoms with E-state index in [9.17, 15) is 9.59 Å². The highest BCUT2D eigenvalue weighted by atomic mass is 28.4. The van der Waals surface area contributed by atoms with Crippen LogP contribution in [0.25, 0.3) is 0 Å². The van der Waals surface area contributed by atoms with Crippen LogP contribution in [0.1, 0.15) is 54.4 Å². The number of esters is 1. The van der Waals surface area contributed by atoms with Crippen LogP contribution in [-0.4, -0.2) is 62.7 Å². The van der Waals surface area contributed by atoms with Gasteiger partial charge in [-0.25, -0.2) is 9.59 Å². The van der Waals surface area contributed by atoms with Gasteiger partial charge in [0.25, 0.3) is 0 Å². The zero-order chi connectivity index (χ0) is 21.2. The second-order valence-corrected chi connectivity index (χ2v) is 14.5. The van der Waals surface area contributed by atoms with Crippen LogP contribution < -0.4 is 5.73 Å². The van der Waals surface area contributed by atoms with Crippen molar-refractivity contribution < 1.29 is 23.5 Å². The van der Waals surface area contributed by atoms with Crippen molar-refractivity contribution in [2.24, 2.45) is 5.73 Å². The third kappa shape index (κ3) is 5.92. The molecule has 0 aliphatic carbocycles. The van der Waals surface area contributed by atoms with Gasteiger partial charge in [0, 0.05) is 6.42 Å². The number of rotatable bonds is 5. The highest BCUT2D eigenvalue weighted by Gasteiger charge is 2.52. The van der Waals surface area contributed by atoms with Crippen LogP contribution in [0.3, 0.4) is 0 Å². The summed E-state index contributed by atoms with van der Waals surface area (Å²) in [6.07, 6.45) is 0.124. The SMILES string of the molecule is COC(=O)[C@@H]1C[C@@H](O[Si](C)(C)C(C)(C)C)[C@@H](CCN)N1C(=O)OC(C)(C)C. The summed E-state index contributed by atoms with van der Waals surface area (Å²) in [7, 11) is -0.769. The van der Waals surface area contributed by atoms with Crippen molar-refractivity contribution in [1.29, 1.82) is 0 Å². The van der Waals surface area contributed by atoms with Gasteiger partial charge in [-0.05, 0) is 51.9 Å². The number of carbonyl (C=O) groups excluding carboxylic acids is 2. The minimum Gasteiger partial charge on any atom is -0.467 e. The molecule has 8 heteroatoms. The van der Waals surface area contributed by atoms with E-state index in [2.05, 4.69) is 33.9 Å². The van der Waals surface area contributed by atoms with Gasteiger partial charge in [0.05, 0.1) is 19.3 Å². The van der Waals surface area contributed by atoms with Crippen molar-refractivity contribution in [3.63, 3.8) is 0 Å². The van der Waals surface area contributed by atoms with Crippen LogP contribution in [-0.2, 0) is 18.7 Å². The van der Waals surface area contributed by atoms with E-state index >= 15 is 0 Å². The number of methoxy groups -OCH3 is 1. The van der Waals surface area contributed by atoms with Crippen molar-refractivity contribution in [3.05, 3.63) is 0 Å². The molecule has 1 aliphatic rings. The fourth-order valence-electron chi connectivity index (χ4n) is 3.00. The number of amides is 1. The van der Waals surface area contributed by atoms with Gasteiger partial charge >= 0.3 is 12.1 Å². The van der Waals surface area contributed by atoms with E-state index in [1.807, 2.05) is 0 Å². The maximum absolute atomic E-state index is 12.9. The first-order chi connectivity index (χ1) is 12.1. The molecule has 0 aromatic rings. The Balaban J connectivity index is 3.23. The van der Waals surface area contributed by atoms with Crippen molar-refractivity contribution in [2.45, 2.75) is 96.3 Å². The summed E-state index contributed by atoms with van der Waals surface area (Å²) in [6, 6.07) is -1.04. The van der Waals surface area contributed by atoms with Crippen LogP contribution in [0.5, 0.6) is 0 Å². The van der Waals surface area contributed by atoms with Gasteiger partial charge in [-0.1, -0.05) is 20.8 Å². The molecular formula is C19H38N2O5Si. The van der Waals surface area contributed by atoms with E-state index in [4.69, 9.17) is 19.6 Å². The average molecular weight is 403 g/mol. The molecule has 158 valence electrons. The molecular weight excluding hydrogens is 364 g/mol. The zero-order valence-corrected chi connectivity index (χ0v) is 19.4. The lowest BCUT2D eigenvalue weighted by Crippen LogP contribution is -2.51. The van der Waals surface area contributed by atoms with Crippen molar-refractivity contribution >= 4 is 20.4 Å². The minimum atomic E-state index is -2.10. The Morgan fingerprint density at radius 1 is 1.15 bits per heavy atom. The molecule has 0 unspecified atom stereocenters. The van der Waals surface area contributed by atoms with Crippen molar-refractivity contribution in [1.82, 2.24) is 4.90 Å². The van der Waals surface area contributed by atoms with E-state index in [1.165, 1.54) is 12.0 Å². The van der Waals surface area contributed by atoms with Gasteiger partial charge in [-0.3, -0.25) is 4.90 Å². The lowest BCUT2D eigenvalue weighted by Gasteiger charge is -2.40. The number of hydrogen-bond acceptors (Lipinski definition) is 6. The first-order valence-corrected chi connectivity index (χ1v) is 12.5. The van der Waals surface area contributed by atoms with Crippen molar-refractivity contribution in [2.75, 3.05) is 13.7 Å². The van der Waals surface area contributed by atoms with E-state index in [0.717, 1.165) is 0 Å². The molecule has 1 heterocycles. The fourth-order valence-corrected chi connectivity index (χ4v) is 4.37. The number of hydrogen-bond donors (Lipinski definition) is 1. The molecule has 3 atom stereocenters. The quantitative estimate of drug-likeness (QED) is 0.560. The first kappa shape index (κ1) is 23.9. The smallest absolute Gasteiger partial charge is 0.411 e. The van der Waals surface area contributed by atoms with Gasteiger partial charge in [0.1, 0.15) is 11.6 Å². The highest BCUT2D eigenvalue weighted by molar-refractivity contribution is 6.74. The molecule has 0 radical (unpaired) electrons. The van der Waals surface area contributed by atoms with Crippen LogP contribution in [0.15, 0.2) is 0 Å². The van der Waals surface area contributed by atoms with E-state index in [1.54, 1.807) is 20.8 Å². The monoisotopic (exact) mass is 402 g/mol. The number of ether oxygens (including phenoxy) is 2. The molecule has 1 rings (SSSR count). The molecule has 7 nitrogen and oxygen atoms in total. The highest BCUT2D eigenvalue weighted by Crippen LogP contribution is 2.41. The molecule has 0 bridgehead atoms. The third-order valence-electron chi connectivity index (χ3n) is 5.37. The summed E-state index contributed by atoms with van der Waals surface area (Å²) in [5.74, 6) is -0.454. The second kappa shape index (κ2) is 8.49. The molecule has 1 aliphatic heterocycles. The Morgan fingerprint density at radius 3 is 2.11 bits per heavy atom. The fraction of sp³-hybridized carbons (Fsp3) is 0.895. The standard InChI is InChI=1S/C19H38N2O5Si/c1-18(2,3)25-17(23)21-13(10-11-20)15(12-14(21)16(22)24-7)26-27(8,9)19(4,5)6/h13-15H,10-12,20H2,1-9H3/t13-,14+,15-/m1/s1. The Labute approximate surface area is 165 Å². The Kier molecular flexibility index (Phi) is 7.52. The molecule has 0 saturated carbocycles. The maximum Gasteiger partial charge on any atom is 0.411 e. The predicted molar refractivity (Wildman–Crippen MR) is 108 cm³/mol. The van der Waals surface area contributed by atoms with Gasteiger partial charge in [0.2, 0.25) is 0 Å². The largest absolute Gasteiger partial charge is 0.467 e. The summed E-state index contributed by atoms with van der Waals surface area (Å²) in [5.41, 5.74) is 5.16. The number of nitrogens with two attached hydrogens (primary N) is 1. The van der Waals surface area contributed by atoms with E-state index in [0.29, 0.717) is 19.4 Å². The van der Waals surface area contributed by atoms with Gasteiger partial charge < -0.3 is 19.6 Å². The van der Waals surface area contributed by atoms with Gasteiger partial charge in [-0.2, -0.15) is 0 Å². The zero-order valence-electron chi connectivity index (χ0n) is 18.4. The molecule has 0 aromatic carbocycles. The van der Waals surface area contributed by atoms with Crippen LogP contribution >= 0.6 is 0 Å². The summed E-state index contributed by atoms with van der Waals surface area (Å²) in [4.78, 5) is 26.8. The van der Waals surface area contributed by atoms with Crippen molar-refractivity contribution in [3.8, 4) is 0 Å². The number of likely N-dealkylation sites (tertiary alicyclic amines) is 1. The molecule has 1 fully saturated rings. The summed E-state index contributed by atoms with van der Waals surface area (Å²) in [6.45, 7) is 16.6. The summed E-state index contributed by atoms with van der Waals surface area (Å²) in [5, 5.41) is 0.0143. The van der Waals surface area contributed by atoms with Crippen LogP contribution in [0, 0.1) is 0 Å². The molecule has 2 N–H and O–H groups in total. The second-order valence-electron chi connectivity index (χ2n) is 9.72.